The van der Waals surface area contributed by atoms with E-state index in [2.05, 4.69) is 31.9 Å². The van der Waals surface area contributed by atoms with Gasteiger partial charge in [-0.2, -0.15) is 0 Å². The summed E-state index contributed by atoms with van der Waals surface area (Å²) in [6.07, 6.45) is 1.10. The first kappa shape index (κ1) is 18.2. The fourth-order valence-corrected chi connectivity index (χ4v) is 3.74. The second kappa shape index (κ2) is 8.21. The average molecular weight is 383 g/mol. The normalized spacial score (nSPS) is 16.5. The molecule has 5 nitrogen and oxygen atoms in total. The number of para-hydroxylation sites is 1. The summed E-state index contributed by atoms with van der Waals surface area (Å²) >= 11 is 5.97. The van der Waals surface area contributed by atoms with Gasteiger partial charge in [0.2, 0.25) is 0 Å². The number of rotatable bonds is 4. The number of aromatic nitrogens is 2. The van der Waals surface area contributed by atoms with E-state index in [9.17, 15) is 4.79 Å². The van der Waals surface area contributed by atoms with E-state index in [1.165, 1.54) is 5.56 Å². The Balaban J connectivity index is 1.40. The van der Waals surface area contributed by atoms with Gasteiger partial charge in [-0.3, -0.25) is 14.6 Å². The van der Waals surface area contributed by atoms with E-state index in [0.29, 0.717) is 11.9 Å². The second-order valence-electron chi connectivity index (χ2n) is 7.06. The van der Waals surface area contributed by atoms with E-state index in [1.807, 2.05) is 36.4 Å². The zero-order valence-electron chi connectivity index (χ0n) is 15.2. The summed E-state index contributed by atoms with van der Waals surface area (Å²) in [6, 6.07) is 15.6. The number of nitrogens with zero attached hydrogens (tertiary/aromatic N) is 3. The highest BCUT2D eigenvalue weighted by Gasteiger charge is 2.16. The fraction of sp³-hybridized carbons (Fsp3) is 0.333. The van der Waals surface area contributed by atoms with E-state index < -0.39 is 0 Å². The summed E-state index contributed by atoms with van der Waals surface area (Å²) in [5.74, 6) is 0.741. The summed E-state index contributed by atoms with van der Waals surface area (Å²) in [5.41, 5.74) is 1.98. The van der Waals surface area contributed by atoms with Crippen LogP contribution in [0.1, 0.15) is 17.8 Å². The SMILES string of the molecule is O=c1[nH]c(CN2CCCN(Cc3ccc(Cl)cc3)CC2)nc2ccccc12. The minimum Gasteiger partial charge on any atom is -0.309 e. The molecule has 0 unspecified atom stereocenters. The predicted octanol–water partition coefficient (Wildman–Crippen LogP) is 3.28. The molecular formula is C21H23ClN4O. The lowest BCUT2D eigenvalue weighted by Gasteiger charge is -2.21. The molecule has 1 aromatic heterocycles. The zero-order valence-corrected chi connectivity index (χ0v) is 16.0. The number of fused-ring (bicyclic) bond motifs is 1. The molecule has 27 heavy (non-hydrogen) atoms. The molecule has 140 valence electrons. The smallest absolute Gasteiger partial charge is 0.258 e. The van der Waals surface area contributed by atoms with Crippen molar-refractivity contribution in [1.29, 1.82) is 0 Å². The number of benzene rings is 2. The third-order valence-electron chi connectivity index (χ3n) is 5.04. The number of aromatic amines is 1. The van der Waals surface area contributed by atoms with Crippen LogP contribution in [-0.2, 0) is 13.1 Å². The molecule has 1 aliphatic rings. The Labute approximate surface area is 163 Å². The first-order valence-electron chi connectivity index (χ1n) is 9.34. The lowest BCUT2D eigenvalue weighted by atomic mass is 10.2. The van der Waals surface area contributed by atoms with Crippen molar-refractivity contribution in [3.8, 4) is 0 Å². The van der Waals surface area contributed by atoms with Gasteiger partial charge in [0.1, 0.15) is 5.82 Å². The Bertz CT molecular complexity index is 970. The molecule has 3 aromatic rings. The van der Waals surface area contributed by atoms with E-state index >= 15 is 0 Å². The lowest BCUT2D eigenvalue weighted by molar-refractivity contribution is 0.244. The van der Waals surface area contributed by atoms with Gasteiger partial charge in [-0.05, 0) is 49.3 Å². The number of hydrogen-bond donors (Lipinski definition) is 1. The predicted molar refractivity (Wildman–Crippen MR) is 109 cm³/mol. The number of H-pyrrole nitrogens is 1. The van der Waals surface area contributed by atoms with Crippen LogP contribution in [0.15, 0.2) is 53.3 Å². The van der Waals surface area contributed by atoms with Gasteiger partial charge < -0.3 is 4.98 Å². The molecule has 1 aliphatic heterocycles. The molecule has 1 N–H and O–H groups in total. The molecule has 2 heterocycles. The molecule has 0 amide bonds. The van der Waals surface area contributed by atoms with Crippen molar-refractivity contribution in [2.45, 2.75) is 19.5 Å². The standard InChI is InChI=1S/C21H23ClN4O/c22-17-8-6-16(7-9-17)14-25-10-3-11-26(13-12-25)15-20-23-19-5-2-1-4-18(19)21(27)24-20/h1-2,4-9H,3,10-15H2,(H,23,24,27). The summed E-state index contributed by atoms with van der Waals surface area (Å²) in [6.45, 7) is 5.66. The molecule has 1 fully saturated rings. The van der Waals surface area contributed by atoms with Crippen LogP contribution in [0.4, 0.5) is 0 Å². The molecule has 2 aromatic carbocycles. The van der Waals surface area contributed by atoms with E-state index in [4.69, 9.17) is 11.6 Å². The highest BCUT2D eigenvalue weighted by Crippen LogP contribution is 2.14. The Morgan fingerprint density at radius 1 is 0.926 bits per heavy atom. The van der Waals surface area contributed by atoms with Crippen molar-refractivity contribution in [1.82, 2.24) is 19.8 Å². The van der Waals surface area contributed by atoms with Gasteiger partial charge in [-0.25, -0.2) is 4.98 Å². The highest BCUT2D eigenvalue weighted by atomic mass is 35.5. The zero-order chi connectivity index (χ0) is 18.6. The molecule has 4 rings (SSSR count). The van der Waals surface area contributed by atoms with Gasteiger partial charge in [0.25, 0.3) is 5.56 Å². The van der Waals surface area contributed by atoms with Crippen molar-refractivity contribution in [3.63, 3.8) is 0 Å². The van der Waals surface area contributed by atoms with Gasteiger partial charge in [-0.1, -0.05) is 35.9 Å². The molecule has 0 spiro atoms. The largest absolute Gasteiger partial charge is 0.309 e. The molecule has 1 saturated heterocycles. The topological polar surface area (TPSA) is 52.2 Å². The monoisotopic (exact) mass is 382 g/mol. The van der Waals surface area contributed by atoms with E-state index in [1.54, 1.807) is 0 Å². The van der Waals surface area contributed by atoms with Crippen LogP contribution in [-0.4, -0.2) is 45.9 Å². The summed E-state index contributed by atoms with van der Waals surface area (Å²) < 4.78 is 0. The molecule has 6 heteroatoms. The first-order chi connectivity index (χ1) is 13.2. The van der Waals surface area contributed by atoms with Crippen molar-refractivity contribution in [2.24, 2.45) is 0 Å². The molecular weight excluding hydrogens is 360 g/mol. The van der Waals surface area contributed by atoms with Crippen LogP contribution in [0.25, 0.3) is 10.9 Å². The minimum atomic E-state index is -0.0604. The Morgan fingerprint density at radius 2 is 1.63 bits per heavy atom. The minimum absolute atomic E-state index is 0.0604. The number of nitrogens with one attached hydrogen (secondary N) is 1. The Hall–Kier alpha value is -2.21. The third-order valence-corrected chi connectivity index (χ3v) is 5.29. The molecule has 0 atom stereocenters. The van der Waals surface area contributed by atoms with Crippen LogP contribution < -0.4 is 5.56 Å². The summed E-state index contributed by atoms with van der Waals surface area (Å²) in [4.78, 5) is 24.7. The molecule has 0 radical (unpaired) electrons. The summed E-state index contributed by atoms with van der Waals surface area (Å²) in [7, 11) is 0. The van der Waals surface area contributed by atoms with Crippen LogP contribution in [0.2, 0.25) is 5.02 Å². The van der Waals surface area contributed by atoms with Crippen molar-refractivity contribution < 1.29 is 0 Å². The quantitative estimate of drug-likeness (QED) is 0.752. The lowest BCUT2D eigenvalue weighted by Crippen LogP contribution is -2.31. The summed E-state index contributed by atoms with van der Waals surface area (Å²) in [5, 5.41) is 1.42. The maximum Gasteiger partial charge on any atom is 0.258 e. The number of halogens is 1. The van der Waals surface area contributed by atoms with Crippen LogP contribution in [0.5, 0.6) is 0 Å². The van der Waals surface area contributed by atoms with Crippen LogP contribution >= 0.6 is 11.6 Å². The Morgan fingerprint density at radius 3 is 2.41 bits per heavy atom. The van der Waals surface area contributed by atoms with Gasteiger partial charge in [-0.15, -0.1) is 0 Å². The highest BCUT2D eigenvalue weighted by molar-refractivity contribution is 6.30. The second-order valence-corrected chi connectivity index (χ2v) is 7.50. The average Bonchev–Trinajstić information content (AvgIpc) is 2.89. The van der Waals surface area contributed by atoms with Crippen molar-refractivity contribution in [2.75, 3.05) is 26.2 Å². The van der Waals surface area contributed by atoms with Gasteiger partial charge >= 0.3 is 0 Å². The van der Waals surface area contributed by atoms with Gasteiger partial charge in [0.15, 0.2) is 0 Å². The number of hydrogen-bond acceptors (Lipinski definition) is 4. The Kier molecular flexibility index (Phi) is 5.53. The van der Waals surface area contributed by atoms with E-state index in [-0.39, 0.29) is 5.56 Å². The van der Waals surface area contributed by atoms with E-state index in [0.717, 1.165) is 55.5 Å². The first-order valence-corrected chi connectivity index (χ1v) is 9.72. The van der Waals surface area contributed by atoms with Crippen LogP contribution in [0, 0.1) is 0 Å². The van der Waals surface area contributed by atoms with Crippen LogP contribution in [0.3, 0.4) is 0 Å². The van der Waals surface area contributed by atoms with Crippen molar-refractivity contribution >= 4 is 22.5 Å². The van der Waals surface area contributed by atoms with Crippen molar-refractivity contribution in [3.05, 3.63) is 75.3 Å². The maximum absolute atomic E-state index is 12.3. The molecule has 0 saturated carbocycles. The molecule has 0 bridgehead atoms. The van der Waals surface area contributed by atoms with Gasteiger partial charge in [0, 0.05) is 24.7 Å². The third kappa shape index (κ3) is 4.56. The maximum atomic E-state index is 12.3. The molecule has 0 aliphatic carbocycles. The van der Waals surface area contributed by atoms with Gasteiger partial charge in [0.05, 0.1) is 17.4 Å². The fourth-order valence-electron chi connectivity index (χ4n) is 3.61.